The lowest BCUT2D eigenvalue weighted by molar-refractivity contribution is 0.0951. The second-order valence-electron chi connectivity index (χ2n) is 5.45. The van der Waals surface area contributed by atoms with Crippen molar-refractivity contribution in [3.63, 3.8) is 0 Å². The average molecular weight is 341 g/mol. The minimum Gasteiger partial charge on any atom is -0.378 e. The summed E-state index contributed by atoms with van der Waals surface area (Å²) in [4.78, 5) is 13.7. The number of amides is 1. The van der Waals surface area contributed by atoms with Gasteiger partial charge in [0.1, 0.15) is 0 Å². The largest absolute Gasteiger partial charge is 0.378 e. The van der Waals surface area contributed by atoms with Gasteiger partial charge in [0.05, 0.1) is 30.1 Å². The Morgan fingerprint density at radius 3 is 2.88 bits per heavy atom. The Kier molecular flexibility index (Phi) is 5.08. The van der Waals surface area contributed by atoms with E-state index in [4.69, 9.17) is 4.74 Å². The predicted octanol–water partition coefficient (Wildman–Crippen LogP) is 3.52. The molecular weight excluding hydrogens is 322 g/mol. The summed E-state index contributed by atoms with van der Waals surface area (Å²) in [6.07, 6.45) is 0. The number of aromatic amines is 1. The van der Waals surface area contributed by atoms with Gasteiger partial charge in [0, 0.05) is 22.9 Å². The van der Waals surface area contributed by atoms with Crippen molar-refractivity contribution >= 4 is 17.2 Å². The van der Waals surface area contributed by atoms with E-state index in [2.05, 4.69) is 15.5 Å². The molecule has 6 heteroatoms. The molecule has 1 aromatic carbocycles. The van der Waals surface area contributed by atoms with Crippen molar-refractivity contribution in [1.29, 1.82) is 0 Å². The Morgan fingerprint density at radius 2 is 2.12 bits per heavy atom. The van der Waals surface area contributed by atoms with E-state index in [1.807, 2.05) is 48.7 Å². The highest BCUT2D eigenvalue weighted by atomic mass is 32.1. The molecule has 2 N–H and O–H groups in total. The maximum absolute atomic E-state index is 12.6. The zero-order chi connectivity index (χ0) is 16.9. The number of thiophene rings is 1. The molecule has 0 aliphatic carbocycles. The third kappa shape index (κ3) is 3.55. The Balaban J connectivity index is 1.74. The molecule has 2 heterocycles. The van der Waals surface area contributed by atoms with Crippen molar-refractivity contribution in [2.24, 2.45) is 0 Å². The van der Waals surface area contributed by atoms with Gasteiger partial charge in [-0.25, -0.2) is 0 Å². The number of nitrogens with one attached hydrogen (secondary N) is 2. The molecule has 0 saturated heterocycles. The van der Waals surface area contributed by atoms with Crippen LogP contribution in [0.2, 0.25) is 0 Å². The molecule has 124 valence electrons. The first-order valence-corrected chi connectivity index (χ1v) is 8.51. The second-order valence-corrected chi connectivity index (χ2v) is 6.53. The molecule has 0 bridgehead atoms. The molecule has 0 aliphatic heterocycles. The zero-order valence-corrected chi connectivity index (χ0v) is 14.4. The van der Waals surface area contributed by atoms with Gasteiger partial charge in [0.2, 0.25) is 0 Å². The molecule has 0 saturated carbocycles. The van der Waals surface area contributed by atoms with Gasteiger partial charge in [-0.05, 0) is 18.6 Å². The molecule has 0 aliphatic rings. The lowest BCUT2D eigenvalue weighted by atomic mass is 10.0. The Morgan fingerprint density at radius 1 is 1.33 bits per heavy atom. The van der Waals surface area contributed by atoms with E-state index in [1.165, 1.54) is 0 Å². The minimum absolute atomic E-state index is 0.0823. The number of rotatable bonds is 6. The molecule has 0 atom stereocenters. The second kappa shape index (κ2) is 7.42. The molecule has 1 amide bonds. The lowest BCUT2D eigenvalue weighted by Crippen LogP contribution is -2.23. The number of nitrogens with zero attached hydrogens (tertiary/aromatic N) is 1. The number of aromatic nitrogens is 2. The van der Waals surface area contributed by atoms with Gasteiger partial charge in [-0.3, -0.25) is 9.89 Å². The quantitative estimate of drug-likeness (QED) is 0.721. The number of hydrogen-bond donors (Lipinski definition) is 2. The van der Waals surface area contributed by atoms with E-state index in [9.17, 15) is 4.79 Å². The molecular formula is C18H19N3O2S. The highest BCUT2D eigenvalue weighted by molar-refractivity contribution is 7.10. The van der Waals surface area contributed by atoms with Crippen LogP contribution >= 0.6 is 11.3 Å². The van der Waals surface area contributed by atoms with Gasteiger partial charge in [0.15, 0.2) is 0 Å². The maximum atomic E-state index is 12.6. The van der Waals surface area contributed by atoms with E-state index in [-0.39, 0.29) is 5.91 Å². The summed E-state index contributed by atoms with van der Waals surface area (Å²) in [6, 6.07) is 11.9. The van der Waals surface area contributed by atoms with Crippen LogP contribution < -0.4 is 5.32 Å². The Hall–Kier alpha value is -2.44. The van der Waals surface area contributed by atoms with Gasteiger partial charge >= 0.3 is 0 Å². The van der Waals surface area contributed by atoms with Crippen LogP contribution in [-0.4, -0.2) is 23.2 Å². The molecule has 0 unspecified atom stereocenters. The SMILES string of the molecule is COCc1cc(CNC(=O)c2csc(C)c2-c2ccccc2)[nH]n1. The summed E-state index contributed by atoms with van der Waals surface area (Å²) in [5, 5.41) is 11.9. The Bertz CT molecular complexity index is 824. The summed E-state index contributed by atoms with van der Waals surface area (Å²) >= 11 is 1.59. The highest BCUT2D eigenvalue weighted by Gasteiger charge is 2.17. The van der Waals surface area contributed by atoms with E-state index in [0.717, 1.165) is 27.4 Å². The monoisotopic (exact) mass is 341 g/mol. The van der Waals surface area contributed by atoms with Crippen LogP contribution in [0.5, 0.6) is 0 Å². The molecule has 5 nitrogen and oxygen atoms in total. The number of ether oxygens (including phenoxy) is 1. The fourth-order valence-electron chi connectivity index (χ4n) is 2.58. The lowest BCUT2D eigenvalue weighted by Gasteiger charge is -2.07. The van der Waals surface area contributed by atoms with Gasteiger partial charge in [-0.15, -0.1) is 11.3 Å². The summed E-state index contributed by atoms with van der Waals surface area (Å²) in [5.41, 5.74) is 4.44. The first kappa shape index (κ1) is 16.4. The number of H-pyrrole nitrogens is 1. The smallest absolute Gasteiger partial charge is 0.253 e. The minimum atomic E-state index is -0.0823. The van der Waals surface area contributed by atoms with Crippen LogP contribution in [0.3, 0.4) is 0 Å². The van der Waals surface area contributed by atoms with E-state index >= 15 is 0 Å². The Labute approximate surface area is 144 Å². The summed E-state index contributed by atoms with van der Waals surface area (Å²) in [5.74, 6) is -0.0823. The normalized spacial score (nSPS) is 10.8. The average Bonchev–Trinajstić information content (AvgIpc) is 3.20. The van der Waals surface area contributed by atoms with Crippen LogP contribution in [0.25, 0.3) is 11.1 Å². The molecule has 0 fully saturated rings. The van der Waals surface area contributed by atoms with Crippen molar-refractivity contribution in [3.8, 4) is 11.1 Å². The van der Waals surface area contributed by atoms with Gasteiger partial charge in [-0.1, -0.05) is 30.3 Å². The number of benzene rings is 1. The van der Waals surface area contributed by atoms with Crippen LogP contribution in [-0.2, 0) is 17.9 Å². The van der Waals surface area contributed by atoms with Crippen LogP contribution in [0.4, 0.5) is 0 Å². The summed E-state index contributed by atoms with van der Waals surface area (Å²) < 4.78 is 5.04. The summed E-state index contributed by atoms with van der Waals surface area (Å²) in [7, 11) is 1.63. The van der Waals surface area contributed by atoms with Crippen molar-refractivity contribution in [2.75, 3.05) is 7.11 Å². The molecule has 3 rings (SSSR count). The zero-order valence-electron chi connectivity index (χ0n) is 13.6. The van der Waals surface area contributed by atoms with E-state index < -0.39 is 0 Å². The van der Waals surface area contributed by atoms with E-state index in [0.29, 0.717) is 18.7 Å². The van der Waals surface area contributed by atoms with Crippen molar-refractivity contribution in [1.82, 2.24) is 15.5 Å². The molecule has 0 radical (unpaired) electrons. The fraction of sp³-hybridized carbons (Fsp3) is 0.222. The first-order chi connectivity index (χ1) is 11.7. The topological polar surface area (TPSA) is 67.0 Å². The standard InChI is InChI=1S/C18H19N3O2S/c1-12-17(13-6-4-3-5-7-13)16(11-24-12)18(22)19-9-14-8-15(10-23-2)21-20-14/h3-8,11H,9-10H2,1-2H3,(H,19,22)(H,20,21). The third-order valence-corrected chi connectivity index (χ3v) is 4.61. The van der Waals surface area contributed by atoms with E-state index in [1.54, 1.807) is 18.4 Å². The van der Waals surface area contributed by atoms with Crippen molar-refractivity contribution < 1.29 is 9.53 Å². The van der Waals surface area contributed by atoms with Gasteiger partial charge in [0.25, 0.3) is 5.91 Å². The first-order valence-electron chi connectivity index (χ1n) is 7.63. The number of hydrogen-bond acceptors (Lipinski definition) is 4. The van der Waals surface area contributed by atoms with Gasteiger partial charge < -0.3 is 10.1 Å². The van der Waals surface area contributed by atoms with Gasteiger partial charge in [-0.2, -0.15) is 5.10 Å². The van der Waals surface area contributed by atoms with Crippen molar-refractivity contribution in [2.45, 2.75) is 20.1 Å². The number of aryl methyl sites for hydroxylation is 1. The summed E-state index contributed by atoms with van der Waals surface area (Å²) in [6.45, 7) is 2.89. The third-order valence-electron chi connectivity index (χ3n) is 3.70. The number of methoxy groups -OCH3 is 1. The highest BCUT2D eigenvalue weighted by Crippen LogP contribution is 2.32. The predicted molar refractivity (Wildman–Crippen MR) is 95.0 cm³/mol. The molecule has 3 aromatic rings. The van der Waals surface area contributed by atoms with Crippen LogP contribution in [0.1, 0.15) is 26.6 Å². The molecule has 24 heavy (non-hydrogen) atoms. The number of carbonyl (C=O) groups excluding carboxylic acids is 1. The fourth-order valence-corrected chi connectivity index (χ4v) is 3.44. The maximum Gasteiger partial charge on any atom is 0.253 e. The molecule has 0 spiro atoms. The number of carbonyl (C=O) groups is 1. The van der Waals surface area contributed by atoms with Crippen molar-refractivity contribution in [3.05, 3.63) is 63.6 Å². The van der Waals surface area contributed by atoms with Crippen LogP contribution in [0.15, 0.2) is 41.8 Å². The molecule has 2 aromatic heterocycles. The van der Waals surface area contributed by atoms with Crippen LogP contribution in [0, 0.1) is 6.92 Å².